The fourth-order valence-electron chi connectivity index (χ4n) is 2.06. The zero-order valence-electron chi connectivity index (χ0n) is 12.0. The summed E-state index contributed by atoms with van der Waals surface area (Å²) >= 11 is 3.40. The number of anilines is 2. The number of ether oxygens (including phenoxy) is 1. The lowest BCUT2D eigenvalue weighted by atomic mass is 10.0. The summed E-state index contributed by atoms with van der Waals surface area (Å²) in [6, 6.07) is 10.0. The molecule has 0 amide bonds. The van der Waals surface area contributed by atoms with Gasteiger partial charge in [-0.1, -0.05) is 22.0 Å². The maximum Gasteiger partial charge on any atom is 0.124 e. The van der Waals surface area contributed by atoms with Crippen LogP contribution < -0.4 is 15.8 Å². The van der Waals surface area contributed by atoms with Crippen LogP contribution in [-0.2, 0) is 6.54 Å². The van der Waals surface area contributed by atoms with E-state index in [-0.39, 0.29) is 0 Å². The molecule has 0 aliphatic carbocycles. The van der Waals surface area contributed by atoms with Crippen molar-refractivity contribution in [2.24, 2.45) is 0 Å². The second-order valence-corrected chi connectivity index (χ2v) is 5.75. The molecule has 2 aromatic carbocycles. The lowest BCUT2D eigenvalue weighted by molar-refractivity contribution is 0.410. The van der Waals surface area contributed by atoms with Gasteiger partial charge in [-0.3, -0.25) is 0 Å². The number of benzene rings is 2. The number of nitrogens with one attached hydrogen (secondary N) is 1. The second-order valence-electron chi connectivity index (χ2n) is 4.83. The molecule has 0 aliphatic heterocycles. The van der Waals surface area contributed by atoms with Gasteiger partial charge in [-0.25, -0.2) is 0 Å². The highest BCUT2D eigenvalue weighted by molar-refractivity contribution is 9.10. The van der Waals surface area contributed by atoms with Crippen molar-refractivity contribution in [2.75, 3.05) is 18.2 Å². The van der Waals surface area contributed by atoms with Crippen LogP contribution in [-0.4, -0.2) is 7.11 Å². The molecule has 2 aromatic rings. The highest BCUT2D eigenvalue weighted by Crippen LogP contribution is 2.27. The third-order valence-corrected chi connectivity index (χ3v) is 3.87. The van der Waals surface area contributed by atoms with E-state index in [0.29, 0.717) is 6.54 Å². The average Bonchev–Trinajstić information content (AvgIpc) is 2.41. The van der Waals surface area contributed by atoms with E-state index in [4.69, 9.17) is 10.5 Å². The molecule has 0 heterocycles. The molecule has 3 N–H and O–H groups in total. The molecule has 0 bridgehead atoms. The van der Waals surface area contributed by atoms with Crippen molar-refractivity contribution in [3.63, 3.8) is 0 Å². The summed E-state index contributed by atoms with van der Waals surface area (Å²) in [4.78, 5) is 0. The van der Waals surface area contributed by atoms with Gasteiger partial charge in [-0.2, -0.15) is 0 Å². The van der Waals surface area contributed by atoms with Gasteiger partial charge in [-0.15, -0.1) is 0 Å². The predicted molar refractivity (Wildman–Crippen MR) is 88.3 cm³/mol. The van der Waals surface area contributed by atoms with Crippen LogP contribution in [0.2, 0.25) is 0 Å². The first-order valence-electron chi connectivity index (χ1n) is 6.44. The third-order valence-electron chi connectivity index (χ3n) is 3.38. The number of nitrogens with two attached hydrogens (primary N) is 1. The Bertz CT molecular complexity index is 626. The zero-order chi connectivity index (χ0) is 14.7. The molecule has 0 unspecified atom stereocenters. The number of methoxy groups -OCH3 is 1. The summed E-state index contributed by atoms with van der Waals surface area (Å²) in [5, 5.41) is 3.35. The predicted octanol–water partition coefficient (Wildman–Crippen LogP) is 4.27. The third kappa shape index (κ3) is 3.25. The van der Waals surface area contributed by atoms with Gasteiger partial charge in [0, 0.05) is 16.6 Å². The number of rotatable bonds is 4. The van der Waals surface area contributed by atoms with Crippen molar-refractivity contribution >= 4 is 27.3 Å². The summed E-state index contributed by atoms with van der Waals surface area (Å²) in [5.74, 6) is 0.899. The quantitative estimate of drug-likeness (QED) is 0.821. The van der Waals surface area contributed by atoms with Crippen LogP contribution in [0.1, 0.15) is 16.7 Å². The van der Waals surface area contributed by atoms with Gasteiger partial charge in [0.15, 0.2) is 0 Å². The molecule has 0 radical (unpaired) electrons. The Hall–Kier alpha value is -1.68. The molecular formula is C16H19BrN2O. The van der Waals surface area contributed by atoms with Gasteiger partial charge >= 0.3 is 0 Å². The molecule has 0 fully saturated rings. The molecule has 2 rings (SSSR count). The van der Waals surface area contributed by atoms with E-state index in [9.17, 15) is 0 Å². The number of hydrogen-bond donors (Lipinski definition) is 2. The van der Waals surface area contributed by atoms with Gasteiger partial charge in [0.1, 0.15) is 5.75 Å². The van der Waals surface area contributed by atoms with E-state index in [1.165, 1.54) is 11.1 Å². The standard InChI is InChI=1S/C16H19BrN2O/c1-10-6-12(16(20-3)7-11(10)2)9-19-15-5-4-13(17)8-14(15)18/h4-8,19H,9,18H2,1-3H3. The SMILES string of the molecule is COc1cc(C)c(C)cc1CNc1ccc(Br)cc1N. The highest BCUT2D eigenvalue weighted by Gasteiger charge is 2.07. The first-order chi connectivity index (χ1) is 9.51. The molecule has 0 saturated heterocycles. The Kier molecular flexibility index (Phi) is 4.55. The monoisotopic (exact) mass is 334 g/mol. The van der Waals surface area contributed by atoms with Crippen LogP contribution in [0.15, 0.2) is 34.8 Å². The largest absolute Gasteiger partial charge is 0.496 e. The smallest absolute Gasteiger partial charge is 0.124 e. The molecule has 20 heavy (non-hydrogen) atoms. The molecule has 0 atom stereocenters. The minimum absolute atomic E-state index is 0.677. The van der Waals surface area contributed by atoms with Gasteiger partial charge in [-0.05, 0) is 49.2 Å². The second kappa shape index (κ2) is 6.18. The highest BCUT2D eigenvalue weighted by atomic mass is 79.9. The van der Waals surface area contributed by atoms with Crippen molar-refractivity contribution in [3.05, 3.63) is 51.5 Å². The van der Waals surface area contributed by atoms with Crippen LogP contribution in [0.25, 0.3) is 0 Å². The molecule has 0 spiro atoms. The first-order valence-corrected chi connectivity index (χ1v) is 7.23. The number of aryl methyl sites for hydroxylation is 2. The Morgan fingerprint density at radius 1 is 1.15 bits per heavy atom. The molecule has 106 valence electrons. The van der Waals surface area contributed by atoms with E-state index in [1.54, 1.807) is 7.11 Å². The van der Waals surface area contributed by atoms with Crippen LogP contribution in [0.5, 0.6) is 5.75 Å². The number of nitrogen functional groups attached to an aromatic ring is 1. The Balaban J connectivity index is 2.20. The van der Waals surface area contributed by atoms with Crippen LogP contribution >= 0.6 is 15.9 Å². The maximum atomic E-state index is 5.99. The molecule has 0 aliphatic rings. The minimum Gasteiger partial charge on any atom is -0.496 e. The maximum absolute atomic E-state index is 5.99. The van der Waals surface area contributed by atoms with E-state index >= 15 is 0 Å². The lowest BCUT2D eigenvalue weighted by Crippen LogP contribution is -2.05. The van der Waals surface area contributed by atoms with Crippen LogP contribution in [0.3, 0.4) is 0 Å². The van der Waals surface area contributed by atoms with Crippen molar-refractivity contribution < 1.29 is 4.74 Å². The summed E-state index contributed by atoms with van der Waals surface area (Å²) in [7, 11) is 1.70. The molecule has 0 saturated carbocycles. The van der Waals surface area contributed by atoms with Crippen molar-refractivity contribution in [3.8, 4) is 5.75 Å². The summed E-state index contributed by atoms with van der Waals surface area (Å²) in [6.07, 6.45) is 0. The summed E-state index contributed by atoms with van der Waals surface area (Å²) in [5.41, 5.74) is 11.2. The topological polar surface area (TPSA) is 47.3 Å². The van der Waals surface area contributed by atoms with Gasteiger partial charge in [0.05, 0.1) is 18.5 Å². The fraction of sp³-hybridized carbons (Fsp3) is 0.250. The van der Waals surface area contributed by atoms with E-state index < -0.39 is 0 Å². The van der Waals surface area contributed by atoms with E-state index in [2.05, 4.69) is 47.2 Å². The van der Waals surface area contributed by atoms with Crippen LogP contribution in [0, 0.1) is 13.8 Å². The van der Waals surface area contributed by atoms with E-state index in [1.807, 2.05) is 18.2 Å². The van der Waals surface area contributed by atoms with E-state index in [0.717, 1.165) is 27.2 Å². The van der Waals surface area contributed by atoms with Gasteiger partial charge < -0.3 is 15.8 Å². The summed E-state index contributed by atoms with van der Waals surface area (Å²) < 4.78 is 6.42. The molecule has 0 aromatic heterocycles. The minimum atomic E-state index is 0.677. The number of halogens is 1. The van der Waals surface area contributed by atoms with Gasteiger partial charge in [0.2, 0.25) is 0 Å². The Morgan fingerprint density at radius 3 is 2.50 bits per heavy atom. The molecular weight excluding hydrogens is 316 g/mol. The van der Waals surface area contributed by atoms with Crippen molar-refractivity contribution in [2.45, 2.75) is 20.4 Å². The summed E-state index contributed by atoms with van der Waals surface area (Å²) in [6.45, 7) is 4.87. The average molecular weight is 335 g/mol. The Morgan fingerprint density at radius 2 is 1.85 bits per heavy atom. The molecule has 3 nitrogen and oxygen atoms in total. The van der Waals surface area contributed by atoms with Crippen LogP contribution in [0.4, 0.5) is 11.4 Å². The van der Waals surface area contributed by atoms with Crippen molar-refractivity contribution in [1.29, 1.82) is 0 Å². The van der Waals surface area contributed by atoms with Crippen molar-refractivity contribution in [1.82, 2.24) is 0 Å². The van der Waals surface area contributed by atoms with Gasteiger partial charge in [0.25, 0.3) is 0 Å². The normalized spacial score (nSPS) is 10.4. The number of hydrogen-bond acceptors (Lipinski definition) is 3. The first kappa shape index (κ1) is 14.7. The Labute approximate surface area is 128 Å². The zero-order valence-corrected chi connectivity index (χ0v) is 13.5. The lowest BCUT2D eigenvalue weighted by Gasteiger charge is -2.14. The fourth-order valence-corrected chi connectivity index (χ4v) is 2.44. The molecule has 4 heteroatoms.